The number of hydrogen-bond acceptors (Lipinski definition) is 5. The van der Waals surface area contributed by atoms with Gasteiger partial charge in [-0.15, -0.1) is 12.4 Å². The fraction of sp³-hybridized carbons (Fsp3) is 0.833. The maximum atomic E-state index is 5.29. The van der Waals surface area contributed by atoms with Crippen molar-refractivity contribution in [3.8, 4) is 0 Å². The first-order valence-electron chi connectivity index (χ1n) is 6.41. The summed E-state index contributed by atoms with van der Waals surface area (Å²) in [5, 5.41) is 7.39. The van der Waals surface area contributed by atoms with E-state index in [1.165, 1.54) is 0 Å². The zero-order valence-electron chi connectivity index (χ0n) is 11.3. The summed E-state index contributed by atoms with van der Waals surface area (Å²) in [6, 6.07) is 0.532. The van der Waals surface area contributed by atoms with Gasteiger partial charge in [-0.2, -0.15) is 4.98 Å². The highest BCUT2D eigenvalue weighted by atomic mass is 35.5. The van der Waals surface area contributed by atoms with Crippen molar-refractivity contribution in [2.24, 2.45) is 5.92 Å². The third kappa shape index (κ3) is 4.23. The first-order valence-corrected chi connectivity index (χ1v) is 6.41. The summed E-state index contributed by atoms with van der Waals surface area (Å²) < 4.78 is 5.29. The van der Waals surface area contributed by atoms with Crippen LogP contribution in [0.4, 0.5) is 0 Å². The first kappa shape index (κ1) is 15.4. The Bertz CT molecular complexity index is 356. The molecule has 0 unspecified atom stereocenters. The van der Waals surface area contributed by atoms with Crippen LogP contribution in [0.3, 0.4) is 0 Å². The van der Waals surface area contributed by atoms with E-state index >= 15 is 0 Å². The van der Waals surface area contributed by atoms with Gasteiger partial charge in [0.05, 0.1) is 6.54 Å². The molecule has 0 radical (unpaired) electrons. The Hall–Kier alpha value is -0.650. The fourth-order valence-electron chi connectivity index (χ4n) is 2.09. The molecule has 1 aliphatic rings. The Morgan fingerprint density at radius 3 is 2.94 bits per heavy atom. The molecule has 0 aliphatic carbocycles. The Kier molecular flexibility index (Phi) is 6.05. The zero-order chi connectivity index (χ0) is 12.3. The van der Waals surface area contributed by atoms with Gasteiger partial charge < -0.3 is 9.84 Å². The molecule has 104 valence electrons. The van der Waals surface area contributed by atoms with Gasteiger partial charge in [-0.25, -0.2) is 0 Å². The summed E-state index contributed by atoms with van der Waals surface area (Å²) in [6.07, 6.45) is 0.889. The maximum absolute atomic E-state index is 5.29. The van der Waals surface area contributed by atoms with Crippen molar-refractivity contribution in [1.82, 2.24) is 20.4 Å². The first-order chi connectivity index (χ1) is 8.15. The van der Waals surface area contributed by atoms with E-state index < -0.39 is 0 Å². The van der Waals surface area contributed by atoms with E-state index in [-0.39, 0.29) is 12.4 Å². The minimum Gasteiger partial charge on any atom is -0.338 e. The molecular weight excluding hydrogens is 252 g/mol. The Balaban J connectivity index is 0.00000162. The largest absolute Gasteiger partial charge is 0.338 e. The topological polar surface area (TPSA) is 54.2 Å². The monoisotopic (exact) mass is 274 g/mol. The molecule has 1 N–H and O–H groups in total. The van der Waals surface area contributed by atoms with Crippen molar-refractivity contribution < 1.29 is 4.52 Å². The lowest BCUT2D eigenvalue weighted by Crippen LogP contribution is -2.49. The molecule has 1 aromatic heterocycles. The van der Waals surface area contributed by atoms with Crippen LogP contribution >= 0.6 is 12.4 Å². The highest BCUT2D eigenvalue weighted by Crippen LogP contribution is 2.10. The van der Waals surface area contributed by atoms with Crippen molar-refractivity contribution >= 4 is 12.4 Å². The van der Waals surface area contributed by atoms with Crippen molar-refractivity contribution in [3.63, 3.8) is 0 Å². The van der Waals surface area contributed by atoms with Crippen molar-refractivity contribution in [2.45, 2.75) is 39.8 Å². The van der Waals surface area contributed by atoms with Gasteiger partial charge in [0.25, 0.3) is 0 Å². The molecule has 0 amide bonds. The third-order valence-corrected chi connectivity index (χ3v) is 3.08. The van der Waals surface area contributed by atoms with Crippen LogP contribution in [-0.2, 0) is 13.0 Å². The van der Waals surface area contributed by atoms with Crippen LogP contribution in [-0.4, -0.2) is 40.7 Å². The quantitative estimate of drug-likeness (QED) is 0.901. The van der Waals surface area contributed by atoms with E-state index in [2.05, 4.69) is 41.1 Å². The number of aromatic nitrogens is 2. The van der Waals surface area contributed by atoms with E-state index in [0.29, 0.717) is 12.0 Å². The number of rotatable bonds is 4. The lowest BCUT2D eigenvalue weighted by molar-refractivity contribution is 0.146. The number of halogens is 1. The minimum atomic E-state index is 0. The molecule has 0 bridgehead atoms. The molecule has 1 atom stereocenters. The predicted molar refractivity (Wildman–Crippen MR) is 72.8 cm³/mol. The van der Waals surface area contributed by atoms with E-state index in [0.717, 1.165) is 44.3 Å². The molecule has 1 fully saturated rings. The highest BCUT2D eigenvalue weighted by Gasteiger charge is 2.20. The van der Waals surface area contributed by atoms with Crippen LogP contribution in [0, 0.1) is 5.92 Å². The fourth-order valence-corrected chi connectivity index (χ4v) is 2.09. The summed E-state index contributed by atoms with van der Waals surface area (Å²) in [4.78, 5) is 6.82. The van der Waals surface area contributed by atoms with Gasteiger partial charge in [0.1, 0.15) is 0 Å². The summed E-state index contributed by atoms with van der Waals surface area (Å²) in [5.74, 6) is 2.14. The molecule has 0 saturated carbocycles. The molecule has 1 saturated heterocycles. The van der Waals surface area contributed by atoms with Crippen molar-refractivity contribution in [2.75, 3.05) is 19.6 Å². The number of nitrogens with zero attached hydrogens (tertiary/aromatic N) is 3. The van der Waals surface area contributed by atoms with Gasteiger partial charge in [-0.05, 0) is 12.8 Å². The third-order valence-electron chi connectivity index (χ3n) is 3.08. The van der Waals surface area contributed by atoms with Crippen LogP contribution in [0.1, 0.15) is 32.5 Å². The average molecular weight is 275 g/mol. The van der Waals surface area contributed by atoms with Crippen LogP contribution in [0.2, 0.25) is 0 Å². The molecule has 5 nitrogen and oxygen atoms in total. The van der Waals surface area contributed by atoms with Gasteiger partial charge >= 0.3 is 0 Å². The molecule has 1 aliphatic heterocycles. The predicted octanol–water partition coefficient (Wildman–Crippen LogP) is 1.48. The van der Waals surface area contributed by atoms with Gasteiger partial charge in [0, 0.05) is 32.1 Å². The van der Waals surface area contributed by atoms with E-state index in [4.69, 9.17) is 4.52 Å². The second kappa shape index (κ2) is 7.07. The second-order valence-corrected chi connectivity index (χ2v) is 5.23. The molecule has 0 spiro atoms. The van der Waals surface area contributed by atoms with Crippen LogP contribution in [0.15, 0.2) is 4.52 Å². The van der Waals surface area contributed by atoms with E-state index in [9.17, 15) is 0 Å². The highest BCUT2D eigenvalue weighted by molar-refractivity contribution is 5.85. The smallest absolute Gasteiger partial charge is 0.240 e. The van der Waals surface area contributed by atoms with Crippen molar-refractivity contribution in [3.05, 3.63) is 11.7 Å². The molecule has 1 aromatic rings. The summed E-state index contributed by atoms with van der Waals surface area (Å²) in [5.41, 5.74) is 0. The lowest BCUT2D eigenvalue weighted by atomic mass is 10.1. The molecule has 2 rings (SSSR count). The molecule has 6 heteroatoms. The molecular formula is C12H23ClN4O. The SMILES string of the molecule is CC(C)Cc1noc(CN2CCNC[C@H]2C)n1.Cl. The minimum absolute atomic E-state index is 0. The van der Waals surface area contributed by atoms with Gasteiger partial charge in [0.2, 0.25) is 5.89 Å². The van der Waals surface area contributed by atoms with E-state index in [1.54, 1.807) is 0 Å². The Morgan fingerprint density at radius 2 is 2.28 bits per heavy atom. The molecule has 18 heavy (non-hydrogen) atoms. The maximum Gasteiger partial charge on any atom is 0.240 e. The van der Waals surface area contributed by atoms with Gasteiger partial charge in [-0.1, -0.05) is 19.0 Å². The second-order valence-electron chi connectivity index (χ2n) is 5.23. The Morgan fingerprint density at radius 1 is 1.50 bits per heavy atom. The normalized spacial score (nSPS) is 21.0. The number of nitrogens with one attached hydrogen (secondary N) is 1. The summed E-state index contributed by atoms with van der Waals surface area (Å²) in [6.45, 7) is 10.4. The summed E-state index contributed by atoms with van der Waals surface area (Å²) >= 11 is 0. The van der Waals surface area contributed by atoms with Gasteiger partial charge in [0.15, 0.2) is 5.82 Å². The lowest BCUT2D eigenvalue weighted by Gasteiger charge is -2.32. The number of piperazine rings is 1. The number of hydrogen-bond donors (Lipinski definition) is 1. The van der Waals surface area contributed by atoms with Crippen molar-refractivity contribution in [1.29, 1.82) is 0 Å². The Labute approximate surface area is 115 Å². The van der Waals surface area contributed by atoms with E-state index in [1.807, 2.05) is 0 Å². The van der Waals surface area contributed by atoms with Gasteiger partial charge in [-0.3, -0.25) is 4.90 Å². The van der Waals surface area contributed by atoms with Crippen LogP contribution in [0.25, 0.3) is 0 Å². The standard InChI is InChI=1S/C12H22N4O.ClH/c1-9(2)6-11-14-12(17-15-11)8-16-5-4-13-7-10(16)3;/h9-10,13H,4-8H2,1-3H3;1H/t10-;/m1./s1. The molecule has 2 heterocycles. The van der Waals surface area contributed by atoms with Crippen LogP contribution in [0.5, 0.6) is 0 Å². The van der Waals surface area contributed by atoms with Crippen LogP contribution < -0.4 is 5.32 Å². The summed E-state index contributed by atoms with van der Waals surface area (Å²) in [7, 11) is 0. The zero-order valence-corrected chi connectivity index (χ0v) is 12.2. The molecule has 0 aromatic carbocycles. The average Bonchev–Trinajstić information content (AvgIpc) is 2.68.